The van der Waals surface area contributed by atoms with Crippen LogP contribution in [0.15, 0.2) is 6.07 Å². The van der Waals surface area contributed by atoms with Gasteiger partial charge in [-0.05, 0) is 37.4 Å². The second kappa shape index (κ2) is 6.74. The summed E-state index contributed by atoms with van der Waals surface area (Å²) in [5.74, 6) is -0.434. The molecule has 1 unspecified atom stereocenters. The molecule has 5 heteroatoms. The second-order valence-electron chi connectivity index (χ2n) is 4.25. The standard InChI is InChI=1S/C12H19NO3S/c1-8(3-4-14)6-13-7-10-5-11(12(15)16)17-9(10)2/h5,8,13-14H,3-4,6-7H2,1-2H3,(H,15,16). The number of aryl methyl sites for hydroxylation is 1. The highest BCUT2D eigenvalue weighted by Gasteiger charge is 2.10. The van der Waals surface area contributed by atoms with E-state index in [1.54, 1.807) is 6.07 Å². The maximum Gasteiger partial charge on any atom is 0.345 e. The van der Waals surface area contributed by atoms with E-state index in [-0.39, 0.29) is 6.61 Å². The Kier molecular flexibility index (Phi) is 5.61. The molecule has 17 heavy (non-hydrogen) atoms. The van der Waals surface area contributed by atoms with E-state index in [0.29, 0.717) is 17.3 Å². The van der Waals surface area contributed by atoms with Crippen LogP contribution in [0.1, 0.15) is 33.5 Å². The largest absolute Gasteiger partial charge is 0.477 e. The molecule has 0 amide bonds. The number of rotatable bonds is 7. The van der Waals surface area contributed by atoms with Crippen molar-refractivity contribution in [2.75, 3.05) is 13.2 Å². The van der Waals surface area contributed by atoms with Crippen LogP contribution in [-0.2, 0) is 6.54 Å². The zero-order valence-corrected chi connectivity index (χ0v) is 11.0. The second-order valence-corrected chi connectivity index (χ2v) is 5.50. The van der Waals surface area contributed by atoms with Gasteiger partial charge in [-0.15, -0.1) is 11.3 Å². The van der Waals surface area contributed by atoms with Gasteiger partial charge in [-0.25, -0.2) is 4.79 Å². The summed E-state index contributed by atoms with van der Waals surface area (Å²) in [6, 6.07) is 1.73. The minimum atomic E-state index is -0.863. The van der Waals surface area contributed by atoms with Gasteiger partial charge in [0.2, 0.25) is 0 Å². The molecule has 1 atom stereocenters. The van der Waals surface area contributed by atoms with E-state index < -0.39 is 5.97 Å². The van der Waals surface area contributed by atoms with Crippen molar-refractivity contribution in [3.8, 4) is 0 Å². The van der Waals surface area contributed by atoms with Crippen molar-refractivity contribution in [3.63, 3.8) is 0 Å². The van der Waals surface area contributed by atoms with Crippen LogP contribution >= 0.6 is 11.3 Å². The zero-order chi connectivity index (χ0) is 12.8. The molecule has 0 fully saturated rings. The first-order valence-electron chi connectivity index (χ1n) is 5.68. The summed E-state index contributed by atoms with van der Waals surface area (Å²) in [7, 11) is 0. The summed E-state index contributed by atoms with van der Waals surface area (Å²) < 4.78 is 0. The van der Waals surface area contributed by atoms with E-state index >= 15 is 0 Å². The van der Waals surface area contributed by atoms with Gasteiger partial charge in [0, 0.05) is 18.0 Å². The predicted octanol–water partition coefficient (Wildman–Crippen LogP) is 1.86. The monoisotopic (exact) mass is 257 g/mol. The highest BCUT2D eigenvalue weighted by Crippen LogP contribution is 2.21. The van der Waals surface area contributed by atoms with Crippen LogP contribution in [0.2, 0.25) is 0 Å². The van der Waals surface area contributed by atoms with Gasteiger partial charge in [-0.1, -0.05) is 6.92 Å². The lowest BCUT2D eigenvalue weighted by molar-refractivity contribution is 0.0702. The Labute approximate surface area is 105 Å². The van der Waals surface area contributed by atoms with Gasteiger partial charge >= 0.3 is 5.97 Å². The normalized spacial score (nSPS) is 12.6. The topological polar surface area (TPSA) is 69.6 Å². The summed E-state index contributed by atoms with van der Waals surface area (Å²) >= 11 is 1.31. The fourth-order valence-corrected chi connectivity index (χ4v) is 2.46. The number of carboxylic acid groups (broad SMARTS) is 1. The lowest BCUT2D eigenvalue weighted by Crippen LogP contribution is -2.21. The predicted molar refractivity (Wildman–Crippen MR) is 68.6 cm³/mol. The van der Waals surface area contributed by atoms with Crippen molar-refractivity contribution in [2.24, 2.45) is 5.92 Å². The first kappa shape index (κ1) is 14.2. The van der Waals surface area contributed by atoms with Crippen LogP contribution in [0.5, 0.6) is 0 Å². The number of carboxylic acids is 1. The van der Waals surface area contributed by atoms with Gasteiger partial charge in [-0.2, -0.15) is 0 Å². The smallest absolute Gasteiger partial charge is 0.345 e. The summed E-state index contributed by atoms with van der Waals surface area (Å²) in [6.45, 7) is 5.74. The van der Waals surface area contributed by atoms with Crippen molar-refractivity contribution in [1.29, 1.82) is 0 Å². The Hall–Kier alpha value is -0.910. The number of hydrogen-bond donors (Lipinski definition) is 3. The molecule has 0 spiro atoms. The Bertz CT molecular complexity index is 376. The molecule has 0 saturated heterocycles. The zero-order valence-electron chi connectivity index (χ0n) is 10.2. The maximum absolute atomic E-state index is 10.8. The van der Waals surface area contributed by atoms with Crippen LogP contribution in [0, 0.1) is 12.8 Å². The summed E-state index contributed by atoms with van der Waals surface area (Å²) in [6.07, 6.45) is 0.788. The first-order chi connectivity index (χ1) is 8.04. The Balaban J connectivity index is 2.44. The molecule has 0 aliphatic carbocycles. The van der Waals surface area contributed by atoms with Crippen LogP contribution in [0.25, 0.3) is 0 Å². The van der Waals surface area contributed by atoms with Crippen molar-refractivity contribution in [3.05, 3.63) is 21.4 Å². The summed E-state index contributed by atoms with van der Waals surface area (Å²) in [5.41, 5.74) is 1.04. The van der Waals surface area contributed by atoms with Gasteiger partial charge in [0.1, 0.15) is 4.88 Å². The highest BCUT2D eigenvalue weighted by molar-refractivity contribution is 7.14. The molecule has 4 nitrogen and oxygen atoms in total. The molecule has 0 aliphatic rings. The average Bonchev–Trinajstić information content (AvgIpc) is 2.61. The molecule has 1 aromatic heterocycles. The Morgan fingerprint density at radius 3 is 2.82 bits per heavy atom. The Morgan fingerprint density at radius 2 is 2.29 bits per heavy atom. The molecule has 0 saturated carbocycles. The van der Waals surface area contributed by atoms with Crippen LogP contribution in [-0.4, -0.2) is 29.3 Å². The molecule has 1 rings (SSSR count). The average molecular weight is 257 g/mol. The number of aliphatic hydroxyl groups excluding tert-OH is 1. The van der Waals surface area contributed by atoms with Gasteiger partial charge < -0.3 is 15.5 Å². The lowest BCUT2D eigenvalue weighted by Gasteiger charge is -2.10. The summed E-state index contributed by atoms with van der Waals surface area (Å²) in [4.78, 5) is 12.2. The molecule has 96 valence electrons. The van der Waals surface area contributed by atoms with Crippen molar-refractivity contribution >= 4 is 17.3 Å². The fourth-order valence-electron chi connectivity index (χ4n) is 1.58. The molecule has 0 radical (unpaired) electrons. The maximum atomic E-state index is 10.8. The van der Waals surface area contributed by atoms with Crippen molar-refractivity contribution in [1.82, 2.24) is 5.32 Å². The van der Waals surface area contributed by atoms with E-state index in [1.165, 1.54) is 11.3 Å². The lowest BCUT2D eigenvalue weighted by atomic mass is 10.1. The molecule has 1 aromatic rings. The first-order valence-corrected chi connectivity index (χ1v) is 6.50. The van der Waals surface area contributed by atoms with E-state index in [4.69, 9.17) is 10.2 Å². The number of aromatic carboxylic acids is 1. The van der Waals surface area contributed by atoms with E-state index in [9.17, 15) is 4.79 Å². The number of thiophene rings is 1. The third-order valence-corrected chi connectivity index (χ3v) is 3.74. The minimum Gasteiger partial charge on any atom is -0.477 e. The van der Waals surface area contributed by atoms with Crippen LogP contribution in [0.4, 0.5) is 0 Å². The minimum absolute atomic E-state index is 0.212. The van der Waals surface area contributed by atoms with E-state index in [2.05, 4.69) is 12.2 Å². The Morgan fingerprint density at radius 1 is 1.59 bits per heavy atom. The van der Waals surface area contributed by atoms with E-state index in [0.717, 1.165) is 23.4 Å². The summed E-state index contributed by atoms with van der Waals surface area (Å²) in [5, 5.41) is 20.9. The molecule has 0 aliphatic heterocycles. The molecule has 1 heterocycles. The number of aliphatic hydroxyl groups is 1. The van der Waals surface area contributed by atoms with Crippen LogP contribution in [0.3, 0.4) is 0 Å². The number of nitrogens with one attached hydrogen (secondary N) is 1. The van der Waals surface area contributed by atoms with Gasteiger partial charge in [0.15, 0.2) is 0 Å². The molecule has 3 N–H and O–H groups in total. The molecular weight excluding hydrogens is 238 g/mol. The van der Waals surface area contributed by atoms with E-state index in [1.807, 2.05) is 6.92 Å². The SMILES string of the molecule is Cc1sc(C(=O)O)cc1CNCC(C)CCO. The van der Waals surface area contributed by atoms with Gasteiger partial charge in [0.25, 0.3) is 0 Å². The van der Waals surface area contributed by atoms with Gasteiger partial charge in [0.05, 0.1) is 0 Å². The quantitative estimate of drug-likeness (QED) is 0.697. The molecule has 0 bridgehead atoms. The number of hydrogen-bond acceptors (Lipinski definition) is 4. The highest BCUT2D eigenvalue weighted by atomic mass is 32.1. The van der Waals surface area contributed by atoms with Gasteiger partial charge in [-0.3, -0.25) is 0 Å². The van der Waals surface area contributed by atoms with Crippen LogP contribution < -0.4 is 5.32 Å². The fraction of sp³-hybridized carbons (Fsp3) is 0.583. The number of carbonyl (C=O) groups is 1. The third-order valence-electron chi connectivity index (χ3n) is 2.66. The molecule has 0 aromatic carbocycles. The molecular formula is C12H19NO3S. The van der Waals surface area contributed by atoms with Crippen molar-refractivity contribution < 1.29 is 15.0 Å². The third kappa shape index (κ3) is 4.46. The van der Waals surface area contributed by atoms with Crippen molar-refractivity contribution in [2.45, 2.75) is 26.8 Å².